The minimum Gasteiger partial charge on any atom is -0.493 e. The first kappa shape index (κ1) is 14.8. The predicted molar refractivity (Wildman–Crippen MR) is 70.8 cm³/mol. The van der Waals surface area contributed by atoms with Crippen LogP contribution < -0.4 is 9.47 Å². The highest BCUT2D eigenvalue weighted by atomic mass is 28.1. The van der Waals surface area contributed by atoms with Crippen LogP contribution in [0.25, 0.3) is 6.08 Å². The SMILES string of the molecule is CC=Cc1ccc(OC([Si])(OC)OC)c(OC)c1. The normalized spacial score (nSPS) is 11.8. The molecular weight excluding hydrogens is 248 g/mol. The Balaban J connectivity index is 3.02. The van der Waals surface area contributed by atoms with E-state index < -0.39 is 5.60 Å². The van der Waals surface area contributed by atoms with E-state index in [1.54, 1.807) is 13.2 Å². The summed E-state index contributed by atoms with van der Waals surface area (Å²) >= 11 is 0. The van der Waals surface area contributed by atoms with E-state index in [0.717, 1.165) is 5.56 Å². The molecular formula is C13H17O4Si. The van der Waals surface area contributed by atoms with Crippen molar-refractivity contribution in [1.29, 1.82) is 0 Å². The van der Waals surface area contributed by atoms with Gasteiger partial charge in [0, 0.05) is 14.2 Å². The first-order valence-corrected chi connectivity index (χ1v) is 5.93. The third kappa shape index (κ3) is 3.59. The summed E-state index contributed by atoms with van der Waals surface area (Å²) in [4.78, 5) is 0. The average molecular weight is 265 g/mol. The molecule has 1 rings (SSSR count). The highest BCUT2D eigenvalue weighted by Crippen LogP contribution is 2.31. The summed E-state index contributed by atoms with van der Waals surface area (Å²) < 4.78 is 21.0. The van der Waals surface area contributed by atoms with E-state index in [1.807, 2.05) is 31.2 Å². The molecule has 5 heteroatoms. The minimum atomic E-state index is -1.32. The fourth-order valence-corrected chi connectivity index (χ4v) is 1.49. The molecule has 0 aliphatic carbocycles. The molecule has 0 bridgehead atoms. The number of hydrogen-bond donors (Lipinski definition) is 0. The van der Waals surface area contributed by atoms with Gasteiger partial charge in [0.15, 0.2) is 21.7 Å². The van der Waals surface area contributed by atoms with Crippen molar-refractivity contribution in [2.75, 3.05) is 21.3 Å². The zero-order chi connectivity index (χ0) is 13.6. The van der Waals surface area contributed by atoms with E-state index in [4.69, 9.17) is 18.9 Å². The second-order valence-electron chi connectivity index (χ2n) is 3.48. The molecule has 0 heterocycles. The van der Waals surface area contributed by atoms with Crippen LogP contribution >= 0.6 is 0 Å². The third-order valence-electron chi connectivity index (χ3n) is 2.33. The lowest BCUT2D eigenvalue weighted by molar-refractivity contribution is -0.259. The number of rotatable bonds is 6. The van der Waals surface area contributed by atoms with Gasteiger partial charge in [0.25, 0.3) is 5.60 Å². The summed E-state index contributed by atoms with van der Waals surface area (Å²) in [5.74, 6) is 1.12. The van der Waals surface area contributed by atoms with Crippen LogP contribution in [0.15, 0.2) is 24.3 Å². The Morgan fingerprint density at radius 3 is 2.28 bits per heavy atom. The Bertz CT molecular complexity index is 413. The van der Waals surface area contributed by atoms with E-state index in [2.05, 4.69) is 10.2 Å². The summed E-state index contributed by atoms with van der Waals surface area (Å²) in [6.07, 6.45) is 3.92. The van der Waals surface area contributed by atoms with E-state index in [9.17, 15) is 0 Å². The fraction of sp³-hybridized carbons (Fsp3) is 0.385. The summed E-state index contributed by atoms with van der Waals surface area (Å²) in [5, 5.41) is 0. The second-order valence-corrected chi connectivity index (χ2v) is 4.09. The lowest BCUT2D eigenvalue weighted by Crippen LogP contribution is -2.40. The Kier molecular flexibility index (Phi) is 5.40. The number of ether oxygens (including phenoxy) is 4. The molecule has 0 aliphatic heterocycles. The highest BCUT2D eigenvalue weighted by molar-refractivity contribution is 6.12. The molecule has 1 aromatic carbocycles. The molecule has 0 unspecified atom stereocenters. The van der Waals surface area contributed by atoms with Crippen LogP contribution in [0.3, 0.4) is 0 Å². The van der Waals surface area contributed by atoms with Crippen LogP contribution in [-0.4, -0.2) is 37.2 Å². The van der Waals surface area contributed by atoms with Crippen molar-refractivity contribution < 1.29 is 18.9 Å². The van der Waals surface area contributed by atoms with Crippen molar-refractivity contribution in [1.82, 2.24) is 0 Å². The van der Waals surface area contributed by atoms with Gasteiger partial charge in [-0.25, -0.2) is 0 Å². The first-order valence-electron chi connectivity index (χ1n) is 5.43. The van der Waals surface area contributed by atoms with Gasteiger partial charge in [-0.2, -0.15) is 0 Å². The molecule has 0 atom stereocenters. The van der Waals surface area contributed by atoms with E-state index in [1.165, 1.54) is 14.2 Å². The van der Waals surface area contributed by atoms with Crippen LogP contribution in [0, 0.1) is 0 Å². The zero-order valence-corrected chi connectivity index (χ0v) is 12.0. The van der Waals surface area contributed by atoms with Gasteiger partial charge in [0.2, 0.25) is 0 Å². The maximum absolute atomic E-state index is 5.58. The standard InChI is InChI=1S/C13H17O4Si/c1-5-6-10-7-8-11(12(9-10)14-2)17-13(18,15-3)16-4/h5-9H,1-4H3. The van der Waals surface area contributed by atoms with Gasteiger partial charge >= 0.3 is 0 Å². The van der Waals surface area contributed by atoms with Gasteiger partial charge in [0.1, 0.15) is 0 Å². The lowest BCUT2D eigenvalue weighted by Gasteiger charge is -2.27. The highest BCUT2D eigenvalue weighted by Gasteiger charge is 2.26. The van der Waals surface area contributed by atoms with Crippen molar-refractivity contribution in [3.05, 3.63) is 29.8 Å². The van der Waals surface area contributed by atoms with Crippen molar-refractivity contribution in [2.45, 2.75) is 12.5 Å². The molecule has 0 fully saturated rings. The van der Waals surface area contributed by atoms with Crippen molar-refractivity contribution in [2.24, 2.45) is 0 Å². The van der Waals surface area contributed by atoms with E-state index in [-0.39, 0.29) is 0 Å². The second kappa shape index (κ2) is 6.58. The predicted octanol–water partition coefficient (Wildman–Crippen LogP) is 2.18. The average Bonchev–Trinajstić information content (AvgIpc) is 2.40. The van der Waals surface area contributed by atoms with Crippen LogP contribution in [0.4, 0.5) is 0 Å². The quantitative estimate of drug-likeness (QED) is 0.583. The summed E-state index contributed by atoms with van der Waals surface area (Å²) in [7, 11) is 7.77. The zero-order valence-electron chi connectivity index (χ0n) is 11.0. The Morgan fingerprint density at radius 2 is 1.78 bits per heavy atom. The van der Waals surface area contributed by atoms with Gasteiger partial charge in [-0.1, -0.05) is 18.2 Å². The molecule has 0 N–H and O–H groups in total. The Hall–Kier alpha value is -1.30. The topological polar surface area (TPSA) is 36.9 Å². The van der Waals surface area contributed by atoms with Gasteiger partial charge in [0.05, 0.1) is 7.11 Å². The maximum atomic E-state index is 5.58. The van der Waals surface area contributed by atoms with Crippen LogP contribution in [0.5, 0.6) is 11.5 Å². The molecule has 4 nitrogen and oxygen atoms in total. The molecule has 0 saturated carbocycles. The molecule has 0 amide bonds. The molecule has 0 saturated heterocycles. The largest absolute Gasteiger partial charge is 0.493 e. The molecule has 97 valence electrons. The fourth-order valence-electron chi connectivity index (χ4n) is 1.38. The van der Waals surface area contributed by atoms with Crippen LogP contribution in [0.1, 0.15) is 12.5 Å². The Labute approximate surface area is 111 Å². The molecule has 0 aromatic heterocycles. The van der Waals surface area contributed by atoms with E-state index >= 15 is 0 Å². The van der Waals surface area contributed by atoms with Crippen molar-refractivity contribution >= 4 is 16.3 Å². The van der Waals surface area contributed by atoms with Crippen LogP contribution in [-0.2, 0) is 9.47 Å². The number of allylic oxidation sites excluding steroid dienone is 1. The van der Waals surface area contributed by atoms with Gasteiger partial charge in [-0.3, -0.25) is 0 Å². The van der Waals surface area contributed by atoms with Gasteiger partial charge in [-0.15, -0.1) is 0 Å². The monoisotopic (exact) mass is 265 g/mol. The number of hydrogen-bond acceptors (Lipinski definition) is 4. The number of benzene rings is 1. The maximum Gasteiger partial charge on any atom is 0.289 e. The van der Waals surface area contributed by atoms with E-state index in [0.29, 0.717) is 11.5 Å². The van der Waals surface area contributed by atoms with Gasteiger partial charge < -0.3 is 18.9 Å². The number of methoxy groups -OCH3 is 3. The van der Waals surface area contributed by atoms with Crippen molar-refractivity contribution in [3.8, 4) is 11.5 Å². The lowest BCUT2D eigenvalue weighted by atomic mass is 10.2. The summed E-state index contributed by atoms with van der Waals surface area (Å²) in [6, 6.07) is 5.57. The third-order valence-corrected chi connectivity index (χ3v) is 2.84. The van der Waals surface area contributed by atoms with Gasteiger partial charge in [-0.05, 0) is 24.6 Å². The molecule has 18 heavy (non-hydrogen) atoms. The summed E-state index contributed by atoms with van der Waals surface area (Å²) in [6.45, 7) is 1.95. The molecule has 0 spiro atoms. The summed E-state index contributed by atoms with van der Waals surface area (Å²) in [5.41, 5.74) is -0.300. The Morgan fingerprint density at radius 1 is 1.11 bits per heavy atom. The smallest absolute Gasteiger partial charge is 0.289 e. The minimum absolute atomic E-state index is 0.518. The first-order chi connectivity index (χ1) is 8.58. The molecule has 1 aromatic rings. The van der Waals surface area contributed by atoms with Crippen LogP contribution in [0.2, 0.25) is 0 Å². The molecule has 0 aliphatic rings. The molecule has 3 radical (unpaired) electrons. The van der Waals surface area contributed by atoms with Crippen molar-refractivity contribution in [3.63, 3.8) is 0 Å².